The SMILES string of the molecule is C[C@H](C#N)n1c(I)nc2c(=O)n(C)c(=O)n(C)c21. The first-order chi connectivity index (χ1) is 8.40. The van der Waals surface area contributed by atoms with Gasteiger partial charge in [0.15, 0.2) is 15.0 Å². The number of rotatable bonds is 1. The van der Waals surface area contributed by atoms with Crippen molar-refractivity contribution in [2.75, 3.05) is 0 Å². The maximum atomic E-state index is 12.0. The van der Waals surface area contributed by atoms with Crippen LogP contribution < -0.4 is 11.2 Å². The molecule has 2 heterocycles. The van der Waals surface area contributed by atoms with Gasteiger partial charge in [0.25, 0.3) is 5.56 Å². The van der Waals surface area contributed by atoms with Crippen molar-refractivity contribution in [3.63, 3.8) is 0 Å². The highest BCUT2D eigenvalue weighted by atomic mass is 127. The van der Waals surface area contributed by atoms with Crippen LogP contribution >= 0.6 is 22.6 Å². The van der Waals surface area contributed by atoms with Crippen LogP contribution in [0.5, 0.6) is 0 Å². The van der Waals surface area contributed by atoms with Crippen molar-refractivity contribution < 1.29 is 0 Å². The Morgan fingerprint density at radius 1 is 1.33 bits per heavy atom. The third-order valence-corrected chi connectivity index (χ3v) is 3.58. The van der Waals surface area contributed by atoms with Crippen molar-refractivity contribution >= 4 is 33.8 Å². The topological polar surface area (TPSA) is 85.6 Å². The van der Waals surface area contributed by atoms with E-state index in [9.17, 15) is 9.59 Å². The van der Waals surface area contributed by atoms with E-state index < -0.39 is 17.3 Å². The lowest BCUT2D eigenvalue weighted by Crippen LogP contribution is -2.37. The molecule has 18 heavy (non-hydrogen) atoms. The quantitative estimate of drug-likeness (QED) is 0.535. The molecule has 0 unspecified atom stereocenters. The highest BCUT2D eigenvalue weighted by Crippen LogP contribution is 2.18. The normalized spacial score (nSPS) is 12.6. The van der Waals surface area contributed by atoms with Crippen LogP contribution in [-0.2, 0) is 14.1 Å². The third kappa shape index (κ3) is 1.58. The number of fused-ring (bicyclic) bond motifs is 1. The Kier molecular flexibility index (Phi) is 3.02. The van der Waals surface area contributed by atoms with Gasteiger partial charge in [-0.2, -0.15) is 5.26 Å². The number of nitriles is 1. The summed E-state index contributed by atoms with van der Waals surface area (Å²) in [7, 11) is 2.96. The second kappa shape index (κ2) is 4.24. The van der Waals surface area contributed by atoms with Gasteiger partial charge in [-0.15, -0.1) is 0 Å². The summed E-state index contributed by atoms with van der Waals surface area (Å²) in [5, 5.41) is 9.00. The lowest BCUT2D eigenvalue weighted by molar-refractivity contribution is 0.636. The second-order valence-corrected chi connectivity index (χ2v) is 4.90. The zero-order valence-corrected chi connectivity index (χ0v) is 12.2. The van der Waals surface area contributed by atoms with Gasteiger partial charge in [0.2, 0.25) is 0 Å². The first kappa shape index (κ1) is 12.8. The van der Waals surface area contributed by atoms with Gasteiger partial charge < -0.3 is 0 Å². The van der Waals surface area contributed by atoms with Crippen LogP contribution in [0.4, 0.5) is 0 Å². The standard InChI is InChI=1S/C10H10IN5O2/c1-5(4-12)16-7-6(13-9(16)11)8(17)15(3)10(18)14(7)2/h5H,1-3H3/t5-/m1/s1. The summed E-state index contributed by atoms with van der Waals surface area (Å²) in [6, 6.07) is 1.57. The van der Waals surface area contributed by atoms with Gasteiger partial charge >= 0.3 is 5.69 Å². The Hall–Kier alpha value is -1.63. The van der Waals surface area contributed by atoms with Gasteiger partial charge in [-0.05, 0) is 6.92 Å². The van der Waals surface area contributed by atoms with E-state index in [0.29, 0.717) is 9.48 Å². The first-order valence-corrected chi connectivity index (χ1v) is 6.21. The van der Waals surface area contributed by atoms with Crippen molar-refractivity contribution in [1.29, 1.82) is 5.26 Å². The molecule has 0 fully saturated rings. The molecule has 0 saturated carbocycles. The largest absolute Gasteiger partial charge is 0.332 e. The van der Waals surface area contributed by atoms with Gasteiger partial charge in [-0.3, -0.25) is 18.5 Å². The van der Waals surface area contributed by atoms with E-state index in [1.165, 1.54) is 11.6 Å². The highest BCUT2D eigenvalue weighted by molar-refractivity contribution is 14.1. The van der Waals surface area contributed by atoms with Crippen LogP contribution in [0.25, 0.3) is 11.2 Å². The Bertz CT molecular complexity index is 792. The maximum absolute atomic E-state index is 12.0. The van der Waals surface area contributed by atoms with Gasteiger partial charge in [-0.1, -0.05) is 0 Å². The maximum Gasteiger partial charge on any atom is 0.332 e. The summed E-state index contributed by atoms with van der Waals surface area (Å²) >= 11 is 1.95. The number of aromatic nitrogens is 4. The molecule has 0 saturated heterocycles. The van der Waals surface area contributed by atoms with E-state index in [2.05, 4.69) is 11.1 Å². The highest BCUT2D eigenvalue weighted by Gasteiger charge is 2.20. The molecule has 7 nitrogen and oxygen atoms in total. The van der Waals surface area contributed by atoms with Crippen LogP contribution in [0.2, 0.25) is 0 Å². The zero-order chi connectivity index (χ0) is 13.6. The molecule has 8 heteroatoms. The lowest BCUT2D eigenvalue weighted by Gasteiger charge is -2.10. The molecule has 0 N–H and O–H groups in total. The van der Waals surface area contributed by atoms with Gasteiger partial charge in [0.1, 0.15) is 6.04 Å². The van der Waals surface area contributed by atoms with E-state index in [0.717, 1.165) is 4.57 Å². The predicted octanol–water partition coefficient (Wildman–Crippen LogP) is 0.123. The molecule has 94 valence electrons. The monoisotopic (exact) mass is 359 g/mol. The number of nitrogens with zero attached hydrogens (tertiary/aromatic N) is 5. The van der Waals surface area contributed by atoms with Crippen LogP contribution in [0.1, 0.15) is 13.0 Å². The summed E-state index contributed by atoms with van der Waals surface area (Å²) < 4.78 is 4.43. The lowest BCUT2D eigenvalue weighted by atomic mass is 10.4. The van der Waals surface area contributed by atoms with Crippen molar-refractivity contribution in [3.8, 4) is 6.07 Å². The minimum absolute atomic E-state index is 0.200. The molecule has 2 aromatic heterocycles. The molecule has 1 atom stereocenters. The smallest absolute Gasteiger partial charge is 0.289 e. The van der Waals surface area contributed by atoms with E-state index in [4.69, 9.17) is 5.26 Å². The second-order valence-electron chi connectivity index (χ2n) is 3.93. The van der Waals surface area contributed by atoms with E-state index in [1.54, 1.807) is 18.5 Å². The van der Waals surface area contributed by atoms with Crippen LogP contribution in [0.15, 0.2) is 9.59 Å². The van der Waals surface area contributed by atoms with Gasteiger partial charge in [-0.25, -0.2) is 9.78 Å². The van der Waals surface area contributed by atoms with E-state index in [1.807, 2.05) is 22.6 Å². The summed E-state index contributed by atoms with van der Waals surface area (Å²) in [6.07, 6.45) is 0. The summed E-state index contributed by atoms with van der Waals surface area (Å²) in [4.78, 5) is 28.0. The molecule has 0 radical (unpaired) electrons. The third-order valence-electron chi connectivity index (χ3n) is 2.82. The van der Waals surface area contributed by atoms with Crippen molar-refractivity contribution in [2.24, 2.45) is 14.1 Å². The molecule has 0 aliphatic rings. The van der Waals surface area contributed by atoms with Crippen molar-refractivity contribution in [2.45, 2.75) is 13.0 Å². The molecular formula is C10H10IN5O2. The van der Waals surface area contributed by atoms with E-state index in [-0.39, 0.29) is 5.52 Å². The molecular weight excluding hydrogens is 349 g/mol. The number of hydrogen-bond acceptors (Lipinski definition) is 4. The summed E-state index contributed by atoms with van der Waals surface area (Å²) in [6.45, 7) is 1.69. The predicted molar refractivity (Wildman–Crippen MR) is 73.3 cm³/mol. The first-order valence-electron chi connectivity index (χ1n) is 5.13. The van der Waals surface area contributed by atoms with Crippen LogP contribution in [0.3, 0.4) is 0 Å². The minimum Gasteiger partial charge on any atom is -0.289 e. The van der Waals surface area contributed by atoms with E-state index >= 15 is 0 Å². The average Bonchev–Trinajstić information content (AvgIpc) is 2.70. The molecule has 0 amide bonds. The van der Waals surface area contributed by atoms with Crippen molar-refractivity contribution in [3.05, 3.63) is 24.7 Å². The Labute approximate surface area is 115 Å². The van der Waals surface area contributed by atoms with Gasteiger partial charge in [0.05, 0.1) is 6.07 Å². The van der Waals surface area contributed by atoms with Gasteiger partial charge in [0, 0.05) is 36.7 Å². The molecule has 0 aromatic carbocycles. The average molecular weight is 359 g/mol. The van der Waals surface area contributed by atoms with Crippen LogP contribution in [-0.4, -0.2) is 18.7 Å². The number of imidazole rings is 1. The molecule has 0 aliphatic heterocycles. The minimum atomic E-state index is -0.500. The molecule has 0 bridgehead atoms. The molecule has 2 aromatic rings. The fourth-order valence-corrected chi connectivity index (χ4v) is 2.71. The zero-order valence-electron chi connectivity index (χ0n) is 10.0. The number of hydrogen-bond donors (Lipinski definition) is 0. The number of aryl methyl sites for hydroxylation is 1. The molecule has 2 rings (SSSR count). The molecule has 0 spiro atoms. The molecule has 0 aliphatic carbocycles. The van der Waals surface area contributed by atoms with Crippen LogP contribution in [0, 0.1) is 15.2 Å². The Morgan fingerprint density at radius 3 is 2.50 bits per heavy atom. The fraction of sp³-hybridized carbons (Fsp3) is 0.400. The Morgan fingerprint density at radius 2 is 1.94 bits per heavy atom. The summed E-state index contributed by atoms with van der Waals surface area (Å²) in [5.41, 5.74) is -0.308. The summed E-state index contributed by atoms with van der Waals surface area (Å²) in [5.74, 6) is 0. The van der Waals surface area contributed by atoms with Crippen molar-refractivity contribution in [1.82, 2.24) is 18.7 Å². The Balaban J connectivity index is 3.10. The number of halogens is 1. The fourth-order valence-electron chi connectivity index (χ4n) is 1.82.